The van der Waals surface area contributed by atoms with Gasteiger partial charge in [0.25, 0.3) is 0 Å². The van der Waals surface area contributed by atoms with Gasteiger partial charge in [0.15, 0.2) is 0 Å². The second-order valence-corrected chi connectivity index (χ2v) is 4.55. The summed E-state index contributed by atoms with van der Waals surface area (Å²) in [6.45, 7) is 0. The molecule has 2 heteroatoms. The minimum Gasteiger partial charge on any atom is -0.464 e. The summed E-state index contributed by atoms with van der Waals surface area (Å²) >= 11 is 0. The van der Waals surface area contributed by atoms with E-state index >= 15 is 0 Å². The van der Waals surface area contributed by atoms with E-state index in [-0.39, 0.29) is 5.41 Å². The third-order valence-electron chi connectivity index (χ3n) is 3.67. The zero-order chi connectivity index (χ0) is 11.0. The molecule has 1 saturated carbocycles. The van der Waals surface area contributed by atoms with Crippen LogP contribution in [0.1, 0.15) is 31.2 Å². The Morgan fingerprint density at radius 3 is 2.69 bits per heavy atom. The van der Waals surface area contributed by atoms with Crippen LogP contribution >= 0.6 is 0 Å². The van der Waals surface area contributed by atoms with Crippen LogP contribution in [0.5, 0.6) is 0 Å². The molecule has 0 bridgehead atoms. The number of rotatable bonds is 1. The number of hydrogen-bond acceptors (Lipinski definition) is 2. The maximum absolute atomic E-state index is 9.46. The molecule has 0 atom stereocenters. The molecular weight excluding hydrogens is 198 g/mol. The van der Waals surface area contributed by atoms with Crippen LogP contribution in [0, 0.1) is 11.3 Å². The maximum atomic E-state index is 9.46. The first-order valence-electron chi connectivity index (χ1n) is 5.74. The van der Waals surface area contributed by atoms with Gasteiger partial charge < -0.3 is 4.42 Å². The van der Waals surface area contributed by atoms with E-state index in [4.69, 9.17) is 4.42 Å². The van der Waals surface area contributed by atoms with Crippen LogP contribution in [0.15, 0.2) is 34.9 Å². The molecular formula is C14H13NO. The lowest BCUT2D eigenvalue weighted by Crippen LogP contribution is -2.18. The van der Waals surface area contributed by atoms with Crippen LogP contribution < -0.4 is 0 Å². The summed E-state index contributed by atoms with van der Waals surface area (Å²) < 4.78 is 5.54. The predicted molar refractivity (Wildman–Crippen MR) is 62.0 cm³/mol. The number of hydrogen-bond donors (Lipinski definition) is 0. The van der Waals surface area contributed by atoms with Crippen molar-refractivity contribution in [2.45, 2.75) is 31.1 Å². The minimum absolute atomic E-state index is 0.299. The van der Waals surface area contributed by atoms with Gasteiger partial charge in [0.1, 0.15) is 5.58 Å². The summed E-state index contributed by atoms with van der Waals surface area (Å²) in [4.78, 5) is 0. The van der Waals surface area contributed by atoms with Crippen molar-refractivity contribution in [3.8, 4) is 6.07 Å². The molecule has 1 aliphatic carbocycles. The molecule has 1 aromatic carbocycles. The number of para-hydroxylation sites is 1. The van der Waals surface area contributed by atoms with E-state index < -0.39 is 0 Å². The number of fused-ring (bicyclic) bond motifs is 1. The fourth-order valence-electron chi connectivity index (χ4n) is 2.77. The molecule has 80 valence electrons. The molecule has 2 nitrogen and oxygen atoms in total. The second-order valence-electron chi connectivity index (χ2n) is 4.55. The van der Waals surface area contributed by atoms with Crippen molar-refractivity contribution in [1.29, 1.82) is 5.26 Å². The van der Waals surface area contributed by atoms with Crippen LogP contribution in [0.25, 0.3) is 11.0 Å². The maximum Gasteiger partial charge on any atom is 0.134 e. The molecule has 0 amide bonds. The van der Waals surface area contributed by atoms with Crippen LogP contribution in [0.3, 0.4) is 0 Å². The van der Waals surface area contributed by atoms with Gasteiger partial charge in [0, 0.05) is 10.9 Å². The van der Waals surface area contributed by atoms with Crippen molar-refractivity contribution < 1.29 is 4.42 Å². The lowest BCUT2D eigenvalue weighted by atomic mass is 9.80. The van der Waals surface area contributed by atoms with Gasteiger partial charge >= 0.3 is 0 Å². The van der Waals surface area contributed by atoms with Crippen LogP contribution in [-0.2, 0) is 5.41 Å². The Hall–Kier alpha value is -1.75. The van der Waals surface area contributed by atoms with Crippen molar-refractivity contribution in [3.05, 3.63) is 36.1 Å². The van der Waals surface area contributed by atoms with Gasteiger partial charge in [-0.3, -0.25) is 0 Å². The highest BCUT2D eigenvalue weighted by Crippen LogP contribution is 2.43. The molecule has 0 spiro atoms. The molecule has 3 rings (SSSR count). The normalized spacial score (nSPS) is 18.7. The Labute approximate surface area is 94.5 Å². The van der Waals surface area contributed by atoms with E-state index in [9.17, 15) is 5.26 Å². The van der Waals surface area contributed by atoms with Gasteiger partial charge in [-0.15, -0.1) is 0 Å². The molecule has 1 heterocycles. The van der Waals surface area contributed by atoms with E-state index in [0.29, 0.717) is 0 Å². The Kier molecular flexibility index (Phi) is 2.00. The number of nitrogens with zero attached hydrogens (tertiary/aromatic N) is 1. The highest BCUT2D eigenvalue weighted by atomic mass is 16.3. The highest BCUT2D eigenvalue weighted by molar-refractivity contribution is 5.82. The van der Waals surface area contributed by atoms with Gasteiger partial charge in [-0.2, -0.15) is 5.26 Å². The third kappa shape index (κ3) is 1.18. The molecule has 0 N–H and O–H groups in total. The Bertz CT molecular complexity index is 555. The van der Waals surface area contributed by atoms with Crippen molar-refractivity contribution in [1.82, 2.24) is 0 Å². The smallest absolute Gasteiger partial charge is 0.134 e. The SMILES string of the molecule is N#CC1(c2coc3ccccc23)CCCC1. The summed E-state index contributed by atoms with van der Waals surface area (Å²) in [6, 6.07) is 10.5. The van der Waals surface area contributed by atoms with E-state index in [0.717, 1.165) is 42.2 Å². The molecule has 1 fully saturated rings. The topological polar surface area (TPSA) is 36.9 Å². The fraction of sp³-hybridized carbons (Fsp3) is 0.357. The zero-order valence-corrected chi connectivity index (χ0v) is 9.07. The molecule has 0 saturated heterocycles. The van der Waals surface area contributed by atoms with Gasteiger partial charge in [-0.25, -0.2) is 0 Å². The monoisotopic (exact) mass is 211 g/mol. The van der Waals surface area contributed by atoms with E-state index in [1.165, 1.54) is 0 Å². The number of furan rings is 1. The van der Waals surface area contributed by atoms with Crippen LogP contribution in [0.2, 0.25) is 0 Å². The first-order chi connectivity index (χ1) is 7.86. The van der Waals surface area contributed by atoms with Gasteiger partial charge in [-0.05, 0) is 18.9 Å². The molecule has 2 aromatic rings. The molecule has 0 unspecified atom stereocenters. The Morgan fingerprint density at radius 2 is 1.94 bits per heavy atom. The predicted octanol–water partition coefficient (Wildman–Crippen LogP) is 3.77. The zero-order valence-electron chi connectivity index (χ0n) is 9.07. The lowest BCUT2D eigenvalue weighted by Gasteiger charge is -2.18. The Balaban J connectivity index is 2.22. The first kappa shape index (κ1) is 9.47. The lowest BCUT2D eigenvalue weighted by molar-refractivity contribution is 0.548. The quantitative estimate of drug-likeness (QED) is 0.720. The van der Waals surface area contributed by atoms with Crippen molar-refractivity contribution in [3.63, 3.8) is 0 Å². The van der Waals surface area contributed by atoms with Gasteiger partial charge in [0.05, 0.1) is 17.7 Å². The molecule has 0 radical (unpaired) electrons. The van der Waals surface area contributed by atoms with Crippen molar-refractivity contribution in [2.24, 2.45) is 0 Å². The molecule has 1 aromatic heterocycles. The first-order valence-corrected chi connectivity index (χ1v) is 5.74. The van der Waals surface area contributed by atoms with E-state index in [2.05, 4.69) is 6.07 Å². The average molecular weight is 211 g/mol. The second kappa shape index (κ2) is 3.38. The average Bonchev–Trinajstić information content (AvgIpc) is 2.96. The van der Waals surface area contributed by atoms with E-state index in [1.807, 2.05) is 24.3 Å². The molecule has 16 heavy (non-hydrogen) atoms. The standard InChI is InChI=1S/C14H13NO/c15-10-14(7-3-4-8-14)12-9-16-13-6-2-1-5-11(12)13/h1-2,5-6,9H,3-4,7-8H2. The summed E-state index contributed by atoms with van der Waals surface area (Å²) in [5, 5.41) is 10.6. The molecule has 1 aliphatic rings. The van der Waals surface area contributed by atoms with Crippen molar-refractivity contribution in [2.75, 3.05) is 0 Å². The fourth-order valence-corrected chi connectivity index (χ4v) is 2.77. The Morgan fingerprint density at radius 1 is 1.19 bits per heavy atom. The van der Waals surface area contributed by atoms with Gasteiger partial charge in [-0.1, -0.05) is 31.0 Å². The van der Waals surface area contributed by atoms with Gasteiger partial charge in [0.2, 0.25) is 0 Å². The van der Waals surface area contributed by atoms with Crippen LogP contribution in [-0.4, -0.2) is 0 Å². The summed E-state index contributed by atoms with van der Waals surface area (Å²) in [5.41, 5.74) is 1.68. The van der Waals surface area contributed by atoms with E-state index in [1.54, 1.807) is 6.26 Å². The largest absolute Gasteiger partial charge is 0.464 e. The molecule has 0 aliphatic heterocycles. The minimum atomic E-state index is -0.299. The van der Waals surface area contributed by atoms with Crippen molar-refractivity contribution >= 4 is 11.0 Å². The third-order valence-corrected chi connectivity index (χ3v) is 3.67. The van der Waals surface area contributed by atoms with Crippen LogP contribution in [0.4, 0.5) is 0 Å². The number of benzene rings is 1. The number of nitriles is 1. The highest BCUT2D eigenvalue weighted by Gasteiger charge is 2.38. The summed E-state index contributed by atoms with van der Waals surface area (Å²) in [7, 11) is 0. The summed E-state index contributed by atoms with van der Waals surface area (Å²) in [5.74, 6) is 0. The summed E-state index contributed by atoms with van der Waals surface area (Å²) in [6.07, 6.45) is 6.00.